The number of unbranched alkanes of at least 4 members (excludes halogenated alkanes) is 18. The fourth-order valence-corrected chi connectivity index (χ4v) is 6.98. The molecule has 0 aromatic carbocycles. The van der Waals surface area contributed by atoms with Crippen LogP contribution in [0.25, 0.3) is 0 Å². The molecular weight excluding hydrogens is 954 g/mol. The Labute approximate surface area is 444 Å². The predicted octanol–water partition coefficient (Wildman–Crippen LogP) is 5.19. The van der Waals surface area contributed by atoms with Gasteiger partial charge in [0.2, 0.25) is 0 Å². The minimum atomic E-state index is -0.476. The molecule has 0 N–H and O–H groups in total. The summed E-state index contributed by atoms with van der Waals surface area (Å²) < 4.78 is 77.2. The second-order valence-electron chi connectivity index (χ2n) is 18.4. The first-order valence-corrected chi connectivity index (χ1v) is 28.0. The lowest BCUT2D eigenvalue weighted by atomic mass is 10.1. The molecule has 0 saturated carbocycles. The predicted molar refractivity (Wildman–Crippen MR) is 277 cm³/mol. The molecule has 0 saturated heterocycles. The van der Waals surface area contributed by atoms with Crippen LogP contribution in [-0.4, -0.2) is 215 Å². The molecule has 18 heteroatoms. The second kappa shape index (κ2) is 62.3. The Morgan fingerprint density at radius 2 is 0.514 bits per heavy atom. The van der Waals surface area contributed by atoms with Gasteiger partial charge in [0.05, 0.1) is 153 Å². The highest BCUT2D eigenvalue weighted by Crippen LogP contribution is 2.12. The Bertz CT molecular complexity index is 1070. The molecule has 0 aliphatic carbocycles. The summed E-state index contributed by atoms with van der Waals surface area (Å²) in [6.07, 6.45) is 26.5. The van der Waals surface area contributed by atoms with Crippen LogP contribution in [0.5, 0.6) is 0 Å². The lowest BCUT2D eigenvalue weighted by molar-refractivity contribution is -0.883. The van der Waals surface area contributed by atoms with Gasteiger partial charge in [-0.15, -0.1) is 0 Å². The fourth-order valence-electron chi connectivity index (χ4n) is 6.98. The standard InChI is InChI=1S/C54H108NO16.ClH/c1-5-7-9-11-13-15-17-19-21-23-26-58-29-31-60-33-35-62-37-38-64-41-42-66-45-46-68-49-50-71-53(56)51-55(3,4)25-28-70-54(57)52-69-48-47-67-44-43-65-40-39-63-36-34-61-32-30-59-27-24-22-20-18-16-14-12-10-8-6-2;/h5-52H2,1-4H3;1H/q+1;/p-1. The number of ether oxygens (including phenoxy) is 14. The second-order valence-corrected chi connectivity index (χ2v) is 18.4. The molecular formula is C54H108ClNO16. The monoisotopic (exact) mass is 1060 g/mol. The first-order chi connectivity index (χ1) is 34.9. The molecule has 0 aliphatic heterocycles. The number of carbonyl (C=O) groups is 2. The van der Waals surface area contributed by atoms with Gasteiger partial charge >= 0.3 is 11.9 Å². The first-order valence-electron chi connectivity index (χ1n) is 28.0. The van der Waals surface area contributed by atoms with Crippen LogP contribution >= 0.6 is 0 Å². The van der Waals surface area contributed by atoms with E-state index in [1.807, 2.05) is 14.1 Å². The van der Waals surface area contributed by atoms with Crippen molar-refractivity contribution in [1.29, 1.82) is 0 Å². The highest BCUT2D eigenvalue weighted by molar-refractivity contribution is 5.71. The molecule has 0 aromatic heterocycles. The molecule has 72 heavy (non-hydrogen) atoms. The van der Waals surface area contributed by atoms with Gasteiger partial charge in [-0.2, -0.15) is 0 Å². The van der Waals surface area contributed by atoms with Crippen LogP contribution in [0.2, 0.25) is 0 Å². The number of esters is 2. The zero-order valence-electron chi connectivity index (χ0n) is 46.3. The van der Waals surface area contributed by atoms with Crippen LogP contribution in [0.1, 0.15) is 142 Å². The fraction of sp³-hybridized carbons (Fsp3) is 0.963. The van der Waals surface area contributed by atoms with E-state index in [1.54, 1.807) is 0 Å². The number of likely N-dealkylation sites (N-methyl/N-ethyl adjacent to an activating group) is 1. The Morgan fingerprint density at radius 3 is 0.819 bits per heavy atom. The molecule has 0 spiro atoms. The lowest BCUT2D eigenvalue weighted by Crippen LogP contribution is -3.00. The summed E-state index contributed by atoms with van der Waals surface area (Å²) >= 11 is 0. The van der Waals surface area contributed by atoms with E-state index in [9.17, 15) is 9.59 Å². The summed E-state index contributed by atoms with van der Waals surface area (Å²) in [6, 6.07) is 0. The summed E-state index contributed by atoms with van der Waals surface area (Å²) in [7, 11) is 3.73. The van der Waals surface area contributed by atoms with Crippen LogP contribution in [0.4, 0.5) is 0 Å². The average molecular weight is 1060 g/mol. The van der Waals surface area contributed by atoms with Gasteiger partial charge < -0.3 is 83.2 Å². The van der Waals surface area contributed by atoms with Crippen molar-refractivity contribution in [2.24, 2.45) is 0 Å². The molecule has 0 atom stereocenters. The van der Waals surface area contributed by atoms with Crippen molar-refractivity contribution in [3.05, 3.63) is 0 Å². The van der Waals surface area contributed by atoms with Gasteiger partial charge in [-0.25, -0.2) is 9.59 Å². The van der Waals surface area contributed by atoms with Crippen molar-refractivity contribution in [1.82, 2.24) is 0 Å². The van der Waals surface area contributed by atoms with Crippen LogP contribution in [-0.2, 0) is 75.9 Å². The molecule has 0 heterocycles. The molecule has 0 fully saturated rings. The third kappa shape index (κ3) is 63.0. The van der Waals surface area contributed by atoms with Crippen molar-refractivity contribution in [3.63, 3.8) is 0 Å². The van der Waals surface area contributed by atoms with Crippen LogP contribution in [0.15, 0.2) is 0 Å². The normalized spacial score (nSPS) is 11.6. The highest BCUT2D eigenvalue weighted by Gasteiger charge is 2.22. The molecule has 0 amide bonds. The molecule has 0 aromatic rings. The van der Waals surface area contributed by atoms with Crippen molar-refractivity contribution >= 4 is 11.9 Å². The van der Waals surface area contributed by atoms with Gasteiger partial charge in [0.25, 0.3) is 0 Å². The number of quaternary nitrogens is 1. The number of rotatable bonds is 62. The molecule has 0 unspecified atom stereocenters. The average Bonchev–Trinajstić information content (AvgIpc) is 3.35. The SMILES string of the molecule is CCCCCCCCCCCCOCCOCCOCCOCCOCCOCCOC(=O)C[N+](C)(C)CCOC(=O)COCCOCCOCCOCCOCCOCCCCCCCCCCCC.[Cl-]. The van der Waals surface area contributed by atoms with E-state index in [0.717, 1.165) is 26.1 Å². The first kappa shape index (κ1) is 72.8. The van der Waals surface area contributed by atoms with E-state index in [1.165, 1.54) is 116 Å². The van der Waals surface area contributed by atoms with Crippen molar-refractivity contribution in [2.45, 2.75) is 142 Å². The molecule has 0 radical (unpaired) electrons. The number of carbonyl (C=O) groups excluding carboxylic acids is 2. The van der Waals surface area contributed by atoms with E-state index < -0.39 is 5.97 Å². The van der Waals surface area contributed by atoms with E-state index in [2.05, 4.69) is 13.8 Å². The molecule has 432 valence electrons. The van der Waals surface area contributed by atoms with E-state index in [-0.39, 0.29) is 58.0 Å². The zero-order valence-corrected chi connectivity index (χ0v) is 47.1. The van der Waals surface area contributed by atoms with Crippen molar-refractivity contribution in [2.75, 3.05) is 199 Å². The maximum atomic E-state index is 12.3. The highest BCUT2D eigenvalue weighted by atomic mass is 35.5. The van der Waals surface area contributed by atoms with E-state index in [0.29, 0.717) is 137 Å². The van der Waals surface area contributed by atoms with Crippen LogP contribution in [0.3, 0.4) is 0 Å². The molecule has 0 rings (SSSR count). The smallest absolute Gasteiger partial charge is 0.361 e. The van der Waals surface area contributed by atoms with Gasteiger partial charge in [0.1, 0.15) is 26.4 Å². The molecule has 17 nitrogen and oxygen atoms in total. The van der Waals surface area contributed by atoms with Gasteiger partial charge in [0, 0.05) is 13.2 Å². The minimum absolute atomic E-state index is 0. The summed E-state index contributed by atoms with van der Waals surface area (Å²) in [6.45, 7) is 16.7. The number of hydrogen-bond donors (Lipinski definition) is 0. The number of nitrogens with zero attached hydrogens (tertiary/aromatic N) is 1. The largest absolute Gasteiger partial charge is 1.00 e. The Kier molecular flexibility index (Phi) is 62.9. The third-order valence-corrected chi connectivity index (χ3v) is 11.2. The van der Waals surface area contributed by atoms with Crippen LogP contribution in [0, 0.1) is 0 Å². The maximum absolute atomic E-state index is 12.3. The quantitative estimate of drug-likeness (QED) is 0.0444. The van der Waals surface area contributed by atoms with Gasteiger partial charge in [-0.05, 0) is 12.8 Å². The Morgan fingerprint density at radius 1 is 0.278 bits per heavy atom. The topological polar surface area (TPSA) is 163 Å². The minimum Gasteiger partial charge on any atom is -1.00 e. The number of hydrogen-bond acceptors (Lipinski definition) is 16. The van der Waals surface area contributed by atoms with Crippen LogP contribution < -0.4 is 12.4 Å². The van der Waals surface area contributed by atoms with E-state index >= 15 is 0 Å². The zero-order chi connectivity index (χ0) is 51.5. The number of halogens is 1. The van der Waals surface area contributed by atoms with Gasteiger partial charge in [-0.1, -0.05) is 129 Å². The summed E-state index contributed by atoms with van der Waals surface area (Å²) in [5, 5.41) is 0. The summed E-state index contributed by atoms with van der Waals surface area (Å²) in [5.74, 6) is -0.833. The van der Waals surface area contributed by atoms with Gasteiger partial charge in [-0.3, -0.25) is 0 Å². The third-order valence-electron chi connectivity index (χ3n) is 11.2. The van der Waals surface area contributed by atoms with Crippen molar-refractivity contribution < 1.29 is 92.8 Å². The van der Waals surface area contributed by atoms with Gasteiger partial charge in [0.15, 0.2) is 6.54 Å². The Balaban J connectivity index is 0. The van der Waals surface area contributed by atoms with Crippen molar-refractivity contribution in [3.8, 4) is 0 Å². The molecule has 0 bridgehead atoms. The molecule has 0 aliphatic rings. The van der Waals surface area contributed by atoms with E-state index in [4.69, 9.17) is 66.3 Å². The Hall–Kier alpha value is -1.29. The maximum Gasteiger partial charge on any atom is 0.361 e. The lowest BCUT2D eigenvalue weighted by Gasteiger charge is -2.28. The summed E-state index contributed by atoms with van der Waals surface area (Å²) in [4.78, 5) is 24.4. The summed E-state index contributed by atoms with van der Waals surface area (Å²) in [5.41, 5.74) is 0.